The fourth-order valence-corrected chi connectivity index (χ4v) is 3.27. The van der Waals surface area contributed by atoms with Crippen LogP contribution < -0.4 is 5.32 Å². The quantitative estimate of drug-likeness (QED) is 0.671. The molecule has 1 heterocycles. The molecular weight excluding hydrogens is 307 g/mol. The molecule has 3 rings (SSSR count). The van der Waals surface area contributed by atoms with Crippen molar-refractivity contribution in [2.45, 2.75) is 19.4 Å². The number of hydrogen-bond donors (Lipinski definition) is 1. The summed E-state index contributed by atoms with van der Waals surface area (Å²) < 4.78 is 15.1. The van der Waals surface area contributed by atoms with Gasteiger partial charge in [0.2, 0.25) is 0 Å². The van der Waals surface area contributed by atoms with Crippen LogP contribution >= 0.6 is 22.9 Å². The molecule has 1 N–H and O–H groups in total. The monoisotopic (exact) mass is 320 g/mol. The van der Waals surface area contributed by atoms with Crippen LogP contribution in [0, 0.1) is 5.82 Å². The van der Waals surface area contributed by atoms with E-state index in [2.05, 4.69) is 10.3 Å². The number of nitrogens with zero attached hydrogens (tertiary/aromatic N) is 1. The minimum absolute atomic E-state index is 0.143. The predicted octanol–water partition coefficient (Wildman–Crippen LogP) is 5.65. The Hall–Kier alpha value is -1.65. The van der Waals surface area contributed by atoms with Crippen LogP contribution in [-0.2, 0) is 0 Å². The number of anilines is 1. The molecule has 5 heteroatoms. The van der Waals surface area contributed by atoms with E-state index in [0.717, 1.165) is 22.3 Å². The zero-order valence-corrected chi connectivity index (χ0v) is 13.0. The third-order valence-corrected chi connectivity index (χ3v) is 4.57. The first kappa shape index (κ1) is 14.3. The van der Waals surface area contributed by atoms with Crippen molar-refractivity contribution >= 4 is 38.8 Å². The maximum absolute atomic E-state index is 14.0. The second-order valence-electron chi connectivity index (χ2n) is 4.75. The van der Waals surface area contributed by atoms with E-state index in [-0.39, 0.29) is 11.9 Å². The molecule has 0 amide bonds. The van der Waals surface area contributed by atoms with Gasteiger partial charge in [-0.2, -0.15) is 0 Å². The summed E-state index contributed by atoms with van der Waals surface area (Å²) in [5, 5.41) is 3.96. The highest BCUT2D eigenvalue weighted by atomic mass is 35.5. The first-order chi connectivity index (χ1) is 10.2. The van der Waals surface area contributed by atoms with Gasteiger partial charge in [-0.05, 0) is 24.6 Å². The molecule has 1 aromatic heterocycles. The summed E-state index contributed by atoms with van der Waals surface area (Å²) >= 11 is 7.86. The van der Waals surface area contributed by atoms with Crippen molar-refractivity contribution in [2.24, 2.45) is 0 Å². The van der Waals surface area contributed by atoms with E-state index in [4.69, 9.17) is 11.6 Å². The van der Waals surface area contributed by atoms with Crippen LogP contribution in [0.1, 0.15) is 24.9 Å². The summed E-state index contributed by atoms with van der Waals surface area (Å²) in [4.78, 5) is 4.36. The zero-order valence-electron chi connectivity index (χ0n) is 11.4. The number of benzene rings is 2. The zero-order chi connectivity index (χ0) is 14.8. The summed E-state index contributed by atoms with van der Waals surface area (Å²) in [6.45, 7) is 2.01. The lowest BCUT2D eigenvalue weighted by Gasteiger charge is -2.20. The Morgan fingerprint density at radius 1 is 1.29 bits per heavy atom. The third kappa shape index (κ3) is 2.74. The second kappa shape index (κ2) is 6.00. The fraction of sp³-hybridized carbons (Fsp3) is 0.188. The van der Waals surface area contributed by atoms with E-state index in [1.54, 1.807) is 29.0 Å². The normalized spacial score (nSPS) is 12.5. The number of halogens is 2. The molecule has 0 saturated carbocycles. The highest BCUT2D eigenvalue weighted by Crippen LogP contribution is 2.35. The van der Waals surface area contributed by atoms with Crippen molar-refractivity contribution in [3.05, 3.63) is 58.3 Å². The number of thiazole rings is 1. The SMILES string of the molecule is CCC(Nc1c(Cl)ccc2scnc12)c1ccccc1F. The highest BCUT2D eigenvalue weighted by Gasteiger charge is 2.17. The Labute approximate surface area is 131 Å². The van der Waals surface area contributed by atoms with Crippen LogP contribution in [0.5, 0.6) is 0 Å². The molecule has 0 aliphatic carbocycles. The van der Waals surface area contributed by atoms with Gasteiger partial charge in [-0.25, -0.2) is 9.37 Å². The molecule has 0 fully saturated rings. The Balaban J connectivity index is 2.02. The Morgan fingerprint density at radius 3 is 2.86 bits per heavy atom. The van der Waals surface area contributed by atoms with Gasteiger partial charge >= 0.3 is 0 Å². The molecule has 0 aliphatic rings. The minimum atomic E-state index is -0.210. The van der Waals surface area contributed by atoms with Crippen LogP contribution in [-0.4, -0.2) is 4.98 Å². The van der Waals surface area contributed by atoms with Gasteiger partial charge in [-0.15, -0.1) is 11.3 Å². The Bertz CT molecular complexity index is 772. The van der Waals surface area contributed by atoms with Gasteiger partial charge < -0.3 is 5.32 Å². The molecule has 1 atom stereocenters. The molecule has 3 aromatic rings. The van der Waals surface area contributed by atoms with Crippen molar-refractivity contribution in [1.29, 1.82) is 0 Å². The van der Waals surface area contributed by atoms with Gasteiger partial charge in [0.15, 0.2) is 0 Å². The molecule has 0 aliphatic heterocycles. The smallest absolute Gasteiger partial charge is 0.128 e. The Morgan fingerprint density at radius 2 is 2.10 bits per heavy atom. The largest absolute Gasteiger partial charge is 0.375 e. The molecule has 0 spiro atoms. The first-order valence-corrected chi connectivity index (χ1v) is 7.99. The molecule has 21 heavy (non-hydrogen) atoms. The van der Waals surface area contributed by atoms with Crippen molar-refractivity contribution in [3.63, 3.8) is 0 Å². The van der Waals surface area contributed by atoms with Gasteiger partial charge in [-0.1, -0.05) is 36.7 Å². The van der Waals surface area contributed by atoms with Crippen LogP contribution in [0.3, 0.4) is 0 Å². The van der Waals surface area contributed by atoms with E-state index >= 15 is 0 Å². The molecular formula is C16H14ClFN2S. The average Bonchev–Trinajstić information content (AvgIpc) is 2.96. The first-order valence-electron chi connectivity index (χ1n) is 6.73. The summed E-state index contributed by atoms with van der Waals surface area (Å²) in [6, 6.07) is 10.5. The molecule has 0 saturated heterocycles. The number of fused-ring (bicyclic) bond motifs is 1. The topological polar surface area (TPSA) is 24.9 Å². The lowest BCUT2D eigenvalue weighted by atomic mass is 10.0. The van der Waals surface area contributed by atoms with Gasteiger partial charge in [0.05, 0.1) is 27.0 Å². The third-order valence-electron chi connectivity index (χ3n) is 3.46. The van der Waals surface area contributed by atoms with Gasteiger partial charge in [0.25, 0.3) is 0 Å². The molecule has 2 aromatic carbocycles. The number of hydrogen-bond acceptors (Lipinski definition) is 3. The lowest BCUT2D eigenvalue weighted by Crippen LogP contribution is -2.12. The second-order valence-corrected chi connectivity index (χ2v) is 6.04. The van der Waals surface area contributed by atoms with E-state index < -0.39 is 0 Å². The van der Waals surface area contributed by atoms with Crippen LogP contribution in [0.2, 0.25) is 5.02 Å². The summed E-state index contributed by atoms with van der Waals surface area (Å²) in [5.74, 6) is -0.210. The van der Waals surface area contributed by atoms with Crippen LogP contribution in [0.4, 0.5) is 10.1 Å². The van der Waals surface area contributed by atoms with Crippen LogP contribution in [0.15, 0.2) is 41.9 Å². The van der Waals surface area contributed by atoms with E-state index in [1.165, 1.54) is 6.07 Å². The summed E-state index contributed by atoms with van der Waals surface area (Å²) in [7, 11) is 0. The van der Waals surface area contributed by atoms with E-state index in [1.807, 2.05) is 25.1 Å². The summed E-state index contributed by atoms with van der Waals surface area (Å²) in [6.07, 6.45) is 0.748. The predicted molar refractivity (Wildman–Crippen MR) is 87.7 cm³/mol. The van der Waals surface area contributed by atoms with Gasteiger partial charge in [-0.3, -0.25) is 0 Å². The molecule has 2 nitrogen and oxygen atoms in total. The maximum Gasteiger partial charge on any atom is 0.128 e. The molecule has 0 radical (unpaired) electrons. The number of rotatable bonds is 4. The maximum atomic E-state index is 14.0. The standard InChI is InChI=1S/C16H14ClFN2S/c1-2-13(10-5-3-4-6-12(10)18)20-15-11(17)7-8-14-16(15)19-9-21-14/h3-9,13,20H,2H2,1H3. The van der Waals surface area contributed by atoms with Crippen molar-refractivity contribution in [2.75, 3.05) is 5.32 Å². The summed E-state index contributed by atoms with van der Waals surface area (Å²) in [5.41, 5.74) is 4.03. The molecule has 108 valence electrons. The lowest BCUT2D eigenvalue weighted by molar-refractivity contribution is 0.587. The molecule has 0 bridgehead atoms. The number of aromatic nitrogens is 1. The number of nitrogens with one attached hydrogen (secondary N) is 1. The average molecular weight is 321 g/mol. The van der Waals surface area contributed by atoms with Gasteiger partial charge in [0.1, 0.15) is 11.3 Å². The highest BCUT2D eigenvalue weighted by molar-refractivity contribution is 7.16. The van der Waals surface area contributed by atoms with Crippen molar-refractivity contribution < 1.29 is 4.39 Å². The van der Waals surface area contributed by atoms with Gasteiger partial charge in [0, 0.05) is 5.56 Å². The molecule has 1 unspecified atom stereocenters. The fourth-order valence-electron chi connectivity index (χ4n) is 2.38. The van der Waals surface area contributed by atoms with Crippen LogP contribution in [0.25, 0.3) is 10.2 Å². The van der Waals surface area contributed by atoms with E-state index in [9.17, 15) is 4.39 Å². The van der Waals surface area contributed by atoms with Crippen molar-refractivity contribution in [3.8, 4) is 0 Å². The van der Waals surface area contributed by atoms with Crippen molar-refractivity contribution in [1.82, 2.24) is 4.98 Å². The van der Waals surface area contributed by atoms with E-state index in [0.29, 0.717) is 10.6 Å². The minimum Gasteiger partial charge on any atom is -0.375 e. The Kier molecular flexibility index (Phi) is 4.08.